The third-order valence-corrected chi connectivity index (χ3v) is 5.46. The van der Waals surface area contributed by atoms with Gasteiger partial charge in [0.05, 0.1) is 11.6 Å². The number of nitriles is 1. The number of nitrogens with zero attached hydrogens (tertiary/aromatic N) is 1. The van der Waals surface area contributed by atoms with E-state index in [4.69, 9.17) is 0 Å². The van der Waals surface area contributed by atoms with Crippen LogP contribution in [-0.4, -0.2) is 0 Å². The molecule has 2 aromatic rings. The molecule has 25 heavy (non-hydrogen) atoms. The van der Waals surface area contributed by atoms with Crippen LogP contribution in [0.3, 0.4) is 0 Å². The van der Waals surface area contributed by atoms with E-state index in [1.807, 2.05) is 50.3 Å². The molecule has 1 aliphatic rings. The van der Waals surface area contributed by atoms with Gasteiger partial charge in [0, 0.05) is 5.56 Å². The third-order valence-electron chi connectivity index (χ3n) is 5.46. The Kier molecular flexibility index (Phi) is 5.34. The van der Waals surface area contributed by atoms with Gasteiger partial charge in [-0.25, -0.2) is 4.39 Å². The van der Waals surface area contributed by atoms with Gasteiger partial charge in [0.25, 0.3) is 0 Å². The number of halogens is 1. The van der Waals surface area contributed by atoms with E-state index >= 15 is 4.39 Å². The summed E-state index contributed by atoms with van der Waals surface area (Å²) in [7, 11) is 0. The van der Waals surface area contributed by atoms with Crippen LogP contribution < -0.4 is 0 Å². The van der Waals surface area contributed by atoms with Crippen LogP contribution >= 0.6 is 0 Å². The normalized spacial score (nSPS) is 14.9. The van der Waals surface area contributed by atoms with Crippen LogP contribution in [0.4, 0.5) is 4.39 Å². The first-order valence-electron chi connectivity index (χ1n) is 9.08. The number of allylic oxidation sites excluding steroid dienone is 2. The maximum Gasteiger partial charge on any atom is 0.134 e. The average Bonchev–Trinajstić information content (AvgIpc) is 2.59. The molecule has 1 saturated carbocycles. The summed E-state index contributed by atoms with van der Waals surface area (Å²) in [5.41, 5.74) is 5.37. The van der Waals surface area contributed by atoms with Crippen molar-refractivity contribution in [2.75, 3.05) is 0 Å². The van der Waals surface area contributed by atoms with E-state index in [2.05, 4.69) is 12.1 Å². The van der Waals surface area contributed by atoms with Crippen molar-refractivity contribution in [3.63, 3.8) is 0 Å². The summed E-state index contributed by atoms with van der Waals surface area (Å²) in [6.07, 6.45) is 6.83. The van der Waals surface area contributed by atoms with E-state index in [1.54, 1.807) is 0 Å². The van der Waals surface area contributed by atoms with Crippen LogP contribution in [0.2, 0.25) is 0 Å². The fraction of sp³-hybridized carbons (Fsp3) is 0.348. The lowest BCUT2D eigenvalue weighted by Crippen LogP contribution is -2.14. The molecule has 3 rings (SSSR count). The molecule has 2 aromatic carbocycles. The van der Waals surface area contributed by atoms with Crippen molar-refractivity contribution in [3.8, 4) is 6.07 Å². The molecular formula is C23H24FN. The minimum absolute atomic E-state index is 0.0746. The van der Waals surface area contributed by atoms with Crippen molar-refractivity contribution in [2.24, 2.45) is 0 Å². The van der Waals surface area contributed by atoms with Crippen molar-refractivity contribution in [1.29, 1.82) is 5.26 Å². The fourth-order valence-electron chi connectivity index (χ4n) is 3.56. The van der Waals surface area contributed by atoms with Crippen molar-refractivity contribution in [3.05, 3.63) is 76.1 Å². The van der Waals surface area contributed by atoms with Gasteiger partial charge in [-0.2, -0.15) is 5.26 Å². The first kappa shape index (κ1) is 17.4. The van der Waals surface area contributed by atoms with Gasteiger partial charge >= 0.3 is 0 Å². The van der Waals surface area contributed by atoms with E-state index in [-0.39, 0.29) is 5.82 Å². The van der Waals surface area contributed by atoms with Crippen molar-refractivity contribution < 1.29 is 4.39 Å². The standard InChI is InChI=1S/C23H24FN/c1-3-16(2)20-13-14-21(18-9-6-10-18)22(23(20)24)12-11-17-7-4-5-8-19(17)15-25/h3-5,7-8,13-14,18H,6,9-12H2,1-2H3/b16-3+. The molecule has 0 spiro atoms. The molecule has 0 unspecified atom stereocenters. The molecule has 1 nitrogen and oxygen atoms in total. The third kappa shape index (κ3) is 3.51. The molecule has 0 atom stereocenters. The molecule has 0 heterocycles. The SMILES string of the molecule is C/C=C(\C)c1ccc(C2CCC2)c(CCc2ccccc2C#N)c1F. The monoisotopic (exact) mass is 333 g/mol. The molecule has 0 N–H and O–H groups in total. The Balaban J connectivity index is 1.96. The molecule has 0 amide bonds. The number of benzene rings is 2. The van der Waals surface area contributed by atoms with Gasteiger partial charge in [-0.05, 0) is 73.8 Å². The molecule has 128 valence electrons. The second kappa shape index (κ2) is 7.66. The predicted octanol–water partition coefficient (Wildman–Crippen LogP) is 6.17. The molecule has 0 bridgehead atoms. The fourth-order valence-corrected chi connectivity index (χ4v) is 3.56. The summed E-state index contributed by atoms with van der Waals surface area (Å²) in [4.78, 5) is 0. The van der Waals surface area contributed by atoms with Crippen LogP contribution in [0.25, 0.3) is 5.57 Å². The maximum absolute atomic E-state index is 15.3. The van der Waals surface area contributed by atoms with E-state index in [0.717, 1.165) is 29.5 Å². The molecule has 2 heteroatoms. The Bertz CT molecular complexity index is 838. The Morgan fingerprint density at radius 1 is 1.20 bits per heavy atom. The van der Waals surface area contributed by atoms with Crippen molar-refractivity contribution >= 4 is 5.57 Å². The lowest BCUT2D eigenvalue weighted by atomic mass is 9.76. The highest BCUT2D eigenvalue weighted by Gasteiger charge is 2.25. The second-order valence-corrected chi connectivity index (χ2v) is 6.86. The van der Waals surface area contributed by atoms with Gasteiger partial charge in [-0.3, -0.25) is 0 Å². The Morgan fingerprint density at radius 3 is 2.60 bits per heavy atom. The minimum Gasteiger partial charge on any atom is -0.206 e. The van der Waals surface area contributed by atoms with Crippen LogP contribution in [0.1, 0.15) is 66.8 Å². The smallest absolute Gasteiger partial charge is 0.134 e. The molecule has 1 fully saturated rings. The van der Waals surface area contributed by atoms with Crippen LogP contribution in [-0.2, 0) is 12.8 Å². The van der Waals surface area contributed by atoms with Crippen molar-refractivity contribution in [1.82, 2.24) is 0 Å². The summed E-state index contributed by atoms with van der Waals surface area (Å²) >= 11 is 0. The number of hydrogen-bond donors (Lipinski definition) is 0. The van der Waals surface area contributed by atoms with Gasteiger partial charge in [0.1, 0.15) is 5.82 Å². The maximum atomic E-state index is 15.3. The highest BCUT2D eigenvalue weighted by Crippen LogP contribution is 2.40. The Hall–Kier alpha value is -2.40. The number of hydrogen-bond acceptors (Lipinski definition) is 1. The van der Waals surface area contributed by atoms with E-state index in [1.165, 1.54) is 12.0 Å². The van der Waals surface area contributed by atoms with Gasteiger partial charge in [0.2, 0.25) is 0 Å². The summed E-state index contributed by atoms with van der Waals surface area (Å²) in [6.45, 7) is 3.90. The van der Waals surface area contributed by atoms with Gasteiger partial charge < -0.3 is 0 Å². The average molecular weight is 333 g/mol. The lowest BCUT2D eigenvalue weighted by molar-refractivity contribution is 0.414. The summed E-state index contributed by atoms with van der Waals surface area (Å²) < 4.78 is 15.3. The zero-order valence-electron chi connectivity index (χ0n) is 15.0. The molecule has 0 aliphatic heterocycles. The zero-order valence-corrected chi connectivity index (χ0v) is 15.0. The van der Waals surface area contributed by atoms with Gasteiger partial charge in [-0.15, -0.1) is 0 Å². The highest BCUT2D eigenvalue weighted by molar-refractivity contribution is 5.65. The van der Waals surface area contributed by atoms with Gasteiger partial charge in [0.15, 0.2) is 0 Å². The van der Waals surface area contributed by atoms with Crippen LogP contribution in [0.15, 0.2) is 42.5 Å². The second-order valence-electron chi connectivity index (χ2n) is 6.86. The number of aryl methyl sites for hydroxylation is 1. The summed E-state index contributed by atoms with van der Waals surface area (Å²) in [5.74, 6) is 0.421. The van der Waals surface area contributed by atoms with E-state index < -0.39 is 0 Å². The van der Waals surface area contributed by atoms with Crippen LogP contribution in [0.5, 0.6) is 0 Å². The first-order valence-corrected chi connectivity index (χ1v) is 9.08. The first-order chi connectivity index (χ1) is 12.2. The Labute approximate surface area is 149 Å². The van der Waals surface area contributed by atoms with E-state index in [0.29, 0.717) is 29.9 Å². The Morgan fingerprint density at radius 2 is 1.96 bits per heavy atom. The topological polar surface area (TPSA) is 23.8 Å². The summed E-state index contributed by atoms with van der Waals surface area (Å²) in [6, 6.07) is 13.9. The highest BCUT2D eigenvalue weighted by atomic mass is 19.1. The molecular weight excluding hydrogens is 309 g/mol. The zero-order chi connectivity index (χ0) is 17.8. The lowest BCUT2D eigenvalue weighted by Gasteiger charge is -2.29. The number of rotatable bonds is 5. The minimum atomic E-state index is -0.0746. The van der Waals surface area contributed by atoms with Crippen molar-refractivity contribution in [2.45, 2.75) is 51.9 Å². The molecule has 0 saturated heterocycles. The molecule has 0 radical (unpaired) electrons. The quantitative estimate of drug-likeness (QED) is 0.641. The van der Waals surface area contributed by atoms with E-state index in [9.17, 15) is 5.26 Å². The molecule has 1 aliphatic carbocycles. The van der Waals surface area contributed by atoms with Crippen LogP contribution in [0, 0.1) is 17.1 Å². The predicted molar refractivity (Wildman–Crippen MR) is 101 cm³/mol. The summed E-state index contributed by atoms with van der Waals surface area (Å²) in [5, 5.41) is 9.28. The largest absolute Gasteiger partial charge is 0.206 e. The van der Waals surface area contributed by atoms with Gasteiger partial charge in [-0.1, -0.05) is 42.8 Å². The molecule has 0 aromatic heterocycles.